The van der Waals surface area contributed by atoms with Crippen molar-refractivity contribution in [2.24, 2.45) is 0 Å². The molecule has 0 unspecified atom stereocenters. The van der Waals surface area contributed by atoms with Gasteiger partial charge in [0.15, 0.2) is 0 Å². The fraction of sp³-hybridized carbons (Fsp3) is 0. The number of nitrogens with two attached hydrogens (primary N) is 1. The van der Waals surface area contributed by atoms with Gasteiger partial charge in [-0.3, -0.25) is 4.72 Å². The molecular weight excluding hydrogens is 259 g/mol. The first-order valence-electron chi connectivity index (χ1n) is 4.83. The highest BCUT2D eigenvalue weighted by Gasteiger charge is 2.15. The number of nitrogens with one attached hydrogen (secondary N) is 1. The third kappa shape index (κ3) is 2.72. The van der Waals surface area contributed by atoms with Crippen LogP contribution in [0.1, 0.15) is 0 Å². The monoisotopic (exact) mass is 268 g/mol. The smallest absolute Gasteiger partial charge is 0.263 e. The molecule has 0 saturated heterocycles. The predicted octanol–water partition coefficient (Wildman–Crippen LogP) is 0.999. The Bertz CT molecular complexity index is 658. The van der Waals surface area contributed by atoms with Crippen LogP contribution in [0.5, 0.6) is 0 Å². The van der Waals surface area contributed by atoms with Gasteiger partial charge in [0.05, 0.1) is 11.1 Å². The summed E-state index contributed by atoms with van der Waals surface area (Å²) in [5.41, 5.74) is 5.40. The van der Waals surface area contributed by atoms with Crippen molar-refractivity contribution < 1.29 is 12.8 Å². The largest absolute Gasteiger partial charge is 0.384 e. The minimum atomic E-state index is -3.80. The molecule has 0 radical (unpaired) electrons. The molecule has 0 aliphatic rings. The van der Waals surface area contributed by atoms with Gasteiger partial charge in [-0.25, -0.2) is 22.8 Å². The van der Waals surface area contributed by atoms with E-state index >= 15 is 0 Å². The molecule has 2 rings (SSSR count). The van der Waals surface area contributed by atoms with Gasteiger partial charge in [0.1, 0.15) is 17.5 Å². The number of nitrogen functional groups attached to an aromatic ring is 1. The number of aromatic nitrogens is 2. The fourth-order valence-corrected chi connectivity index (χ4v) is 2.26. The SMILES string of the molecule is Nc1cc(S(=O)(=O)Nc2ccc(F)cn2)ccn1. The number of anilines is 2. The molecule has 0 saturated carbocycles. The Morgan fingerprint density at radius 2 is 2.00 bits per heavy atom. The Morgan fingerprint density at radius 3 is 2.61 bits per heavy atom. The van der Waals surface area contributed by atoms with Gasteiger partial charge in [0.2, 0.25) is 0 Å². The molecule has 94 valence electrons. The van der Waals surface area contributed by atoms with Gasteiger partial charge in [-0.05, 0) is 18.2 Å². The van der Waals surface area contributed by atoms with Crippen molar-refractivity contribution in [1.29, 1.82) is 0 Å². The quantitative estimate of drug-likeness (QED) is 0.865. The van der Waals surface area contributed by atoms with E-state index in [-0.39, 0.29) is 16.5 Å². The lowest BCUT2D eigenvalue weighted by molar-refractivity contribution is 0.600. The van der Waals surface area contributed by atoms with E-state index in [1.165, 1.54) is 24.4 Å². The van der Waals surface area contributed by atoms with E-state index in [9.17, 15) is 12.8 Å². The van der Waals surface area contributed by atoms with Crippen molar-refractivity contribution in [3.63, 3.8) is 0 Å². The molecule has 8 heteroatoms. The molecule has 0 aliphatic heterocycles. The van der Waals surface area contributed by atoms with Crippen LogP contribution in [0.4, 0.5) is 16.0 Å². The van der Waals surface area contributed by atoms with Crippen molar-refractivity contribution in [3.05, 3.63) is 42.5 Å². The first-order valence-corrected chi connectivity index (χ1v) is 6.31. The lowest BCUT2D eigenvalue weighted by Gasteiger charge is -2.07. The van der Waals surface area contributed by atoms with Crippen molar-refractivity contribution in [3.8, 4) is 0 Å². The van der Waals surface area contributed by atoms with Crippen LogP contribution in [0.15, 0.2) is 41.6 Å². The topological polar surface area (TPSA) is 98.0 Å². The molecule has 0 aromatic carbocycles. The molecule has 2 aromatic heterocycles. The van der Waals surface area contributed by atoms with E-state index in [1.807, 2.05) is 0 Å². The summed E-state index contributed by atoms with van der Waals surface area (Å²) in [6.45, 7) is 0. The third-order valence-corrected chi connectivity index (χ3v) is 3.38. The highest BCUT2D eigenvalue weighted by molar-refractivity contribution is 7.92. The maximum Gasteiger partial charge on any atom is 0.263 e. The zero-order chi connectivity index (χ0) is 13.2. The van der Waals surface area contributed by atoms with E-state index in [2.05, 4.69) is 14.7 Å². The van der Waals surface area contributed by atoms with E-state index in [0.29, 0.717) is 0 Å². The van der Waals surface area contributed by atoms with Crippen LogP contribution in [0, 0.1) is 5.82 Å². The summed E-state index contributed by atoms with van der Waals surface area (Å²) < 4.78 is 38.7. The summed E-state index contributed by atoms with van der Waals surface area (Å²) in [4.78, 5) is 7.25. The standard InChI is InChI=1S/C10H9FN4O2S/c11-7-1-2-10(14-6-7)15-18(16,17)8-3-4-13-9(12)5-8/h1-6H,(H2,12,13)(H,14,15). The number of rotatable bonds is 3. The van der Waals surface area contributed by atoms with Crippen molar-refractivity contribution in [2.75, 3.05) is 10.5 Å². The average Bonchev–Trinajstić information content (AvgIpc) is 2.32. The van der Waals surface area contributed by atoms with Crippen molar-refractivity contribution in [2.45, 2.75) is 4.90 Å². The number of nitrogens with zero attached hydrogens (tertiary/aromatic N) is 2. The molecule has 2 heterocycles. The number of hydrogen-bond donors (Lipinski definition) is 2. The highest BCUT2D eigenvalue weighted by atomic mass is 32.2. The van der Waals surface area contributed by atoms with E-state index in [1.54, 1.807) is 0 Å². The number of halogens is 1. The van der Waals surface area contributed by atoms with Crippen LogP contribution in [0.2, 0.25) is 0 Å². The molecule has 2 aromatic rings. The second kappa shape index (κ2) is 4.57. The van der Waals surface area contributed by atoms with Crippen LogP contribution in [0.25, 0.3) is 0 Å². The molecule has 0 bridgehead atoms. The molecule has 18 heavy (non-hydrogen) atoms. The number of sulfonamides is 1. The Balaban J connectivity index is 2.30. The lowest BCUT2D eigenvalue weighted by atomic mass is 10.5. The fourth-order valence-electron chi connectivity index (χ4n) is 1.23. The summed E-state index contributed by atoms with van der Waals surface area (Å²) >= 11 is 0. The molecule has 0 fully saturated rings. The second-order valence-electron chi connectivity index (χ2n) is 3.38. The number of hydrogen-bond acceptors (Lipinski definition) is 5. The third-order valence-electron chi connectivity index (χ3n) is 2.03. The first-order chi connectivity index (χ1) is 8.47. The van der Waals surface area contributed by atoms with Gasteiger partial charge in [0.25, 0.3) is 10.0 Å². The van der Waals surface area contributed by atoms with Crippen molar-refractivity contribution >= 4 is 21.7 Å². The minimum absolute atomic E-state index is 0.0202. The zero-order valence-corrected chi connectivity index (χ0v) is 9.86. The highest BCUT2D eigenvalue weighted by Crippen LogP contribution is 2.15. The Kier molecular flexibility index (Phi) is 3.11. The van der Waals surface area contributed by atoms with E-state index in [0.717, 1.165) is 12.3 Å². The zero-order valence-electron chi connectivity index (χ0n) is 9.04. The van der Waals surface area contributed by atoms with Gasteiger partial charge >= 0.3 is 0 Å². The summed E-state index contributed by atoms with van der Waals surface area (Å²) in [6, 6.07) is 4.83. The van der Waals surface area contributed by atoms with Crippen molar-refractivity contribution in [1.82, 2.24) is 9.97 Å². The van der Waals surface area contributed by atoms with Crippen LogP contribution in [0.3, 0.4) is 0 Å². The summed E-state index contributed by atoms with van der Waals surface area (Å²) in [7, 11) is -3.80. The Labute approximate surface area is 103 Å². The maximum atomic E-state index is 12.6. The van der Waals surface area contributed by atoms with Gasteiger partial charge in [-0.15, -0.1) is 0 Å². The van der Waals surface area contributed by atoms with Gasteiger partial charge in [-0.1, -0.05) is 0 Å². The van der Waals surface area contributed by atoms with Crippen LogP contribution in [-0.4, -0.2) is 18.4 Å². The maximum absolute atomic E-state index is 12.6. The van der Waals surface area contributed by atoms with Gasteiger partial charge < -0.3 is 5.73 Å². The summed E-state index contributed by atoms with van der Waals surface area (Å²) in [5, 5.41) is 0. The molecule has 3 N–H and O–H groups in total. The predicted molar refractivity (Wildman–Crippen MR) is 63.7 cm³/mol. The molecule has 6 nitrogen and oxygen atoms in total. The molecule has 0 atom stereocenters. The van der Waals surface area contributed by atoms with E-state index < -0.39 is 15.8 Å². The molecular formula is C10H9FN4O2S. The van der Waals surface area contributed by atoms with Crippen LogP contribution in [-0.2, 0) is 10.0 Å². The molecule has 0 amide bonds. The van der Waals surface area contributed by atoms with Gasteiger partial charge in [-0.2, -0.15) is 0 Å². The first kappa shape index (κ1) is 12.2. The lowest BCUT2D eigenvalue weighted by Crippen LogP contribution is -2.14. The summed E-state index contributed by atoms with van der Waals surface area (Å²) in [6.07, 6.45) is 2.20. The second-order valence-corrected chi connectivity index (χ2v) is 5.07. The summed E-state index contributed by atoms with van der Waals surface area (Å²) in [5.74, 6) is -0.442. The van der Waals surface area contributed by atoms with Crippen LogP contribution < -0.4 is 10.5 Å². The minimum Gasteiger partial charge on any atom is -0.384 e. The van der Waals surface area contributed by atoms with E-state index in [4.69, 9.17) is 5.73 Å². The Hall–Kier alpha value is -2.22. The molecule has 0 spiro atoms. The average molecular weight is 268 g/mol. The normalized spacial score (nSPS) is 11.2. The molecule has 0 aliphatic carbocycles. The van der Waals surface area contributed by atoms with Crippen LogP contribution >= 0.6 is 0 Å². The number of pyridine rings is 2. The Morgan fingerprint density at radius 1 is 1.22 bits per heavy atom. The van der Waals surface area contributed by atoms with Gasteiger partial charge in [0, 0.05) is 12.3 Å².